The van der Waals surface area contributed by atoms with Crippen LogP contribution in [0.2, 0.25) is 0 Å². The number of hydrogen-bond acceptors (Lipinski definition) is 3. The molecule has 0 unspecified atom stereocenters. The van der Waals surface area contributed by atoms with E-state index in [2.05, 4.69) is 40.0 Å². The van der Waals surface area contributed by atoms with Gasteiger partial charge >= 0.3 is 0 Å². The van der Waals surface area contributed by atoms with Crippen molar-refractivity contribution in [1.82, 2.24) is 20.4 Å². The van der Waals surface area contributed by atoms with Crippen LogP contribution in [0, 0.1) is 5.92 Å². The number of nitrogens with one attached hydrogen (secondary N) is 2. The first-order valence-electron chi connectivity index (χ1n) is 9.79. The van der Waals surface area contributed by atoms with Crippen molar-refractivity contribution in [3.8, 4) is 0 Å². The van der Waals surface area contributed by atoms with Crippen molar-refractivity contribution in [2.45, 2.75) is 11.8 Å². The topological polar surface area (TPSA) is 59.0 Å². The number of aromatic nitrogens is 2. The molecule has 1 aromatic heterocycles. The second-order valence-electron chi connectivity index (χ2n) is 7.44. The molecule has 2 aromatic carbocycles. The summed E-state index contributed by atoms with van der Waals surface area (Å²) >= 11 is 0. The van der Waals surface area contributed by atoms with Gasteiger partial charge in [-0.15, -0.1) is 0 Å². The molecular formula is C23H26N4O. The normalized spacial score (nSPS) is 19.1. The van der Waals surface area contributed by atoms with Gasteiger partial charge in [-0.2, -0.15) is 5.10 Å². The molecule has 1 fully saturated rings. The largest absolute Gasteiger partial charge is 0.355 e. The van der Waals surface area contributed by atoms with Crippen LogP contribution in [-0.2, 0) is 11.8 Å². The first-order valence-corrected chi connectivity index (χ1v) is 9.79. The summed E-state index contributed by atoms with van der Waals surface area (Å²) in [5.74, 6) is 0.338. The van der Waals surface area contributed by atoms with Crippen LogP contribution in [0.15, 0.2) is 73.1 Å². The average Bonchev–Trinajstić information content (AvgIpc) is 3.38. The van der Waals surface area contributed by atoms with Crippen LogP contribution in [-0.4, -0.2) is 35.3 Å². The Morgan fingerprint density at radius 2 is 1.75 bits per heavy atom. The van der Waals surface area contributed by atoms with Gasteiger partial charge in [-0.05, 0) is 16.7 Å². The molecule has 2 N–H and O–H groups in total. The Hall–Kier alpha value is -2.92. The minimum atomic E-state index is -0.0728. The minimum absolute atomic E-state index is 0.0728. The SMILES string of the molecule is Cn1cc([C@H]2CNC[C@@H]2C(=O)NCC(c2ccccc2)c2ccccc2)cn1. The molecule has 144 valence electrons. The van der Waals surface area contributed by atoms with E-state index >= 15 is 0 Å². The van der Waals surface area contributed by atoms with Crippen LogP contribution in [0.4, 0.5) is 0 Å². The fraction of sp³-hybridized carbons (Fsp3) is 0.304. The van der Waals surface area contributed by atoms with Gasteiger partial charge in [0.05, 0.1) is 12.1 Å². The summed E-state index contributed by atoms with van der Waals surface area (Å²) in [7, 11) is 1.91. The predicted octanol–water partition coefficient (Wildman–Crippen LogP) is 2.67. The number of nitrogens with zero attached hydrogens (tertiary/aromatic N) is 2. The Bertz CT molecular complexity index is 867. The number of carbonyl (C=O) groups excluding carboxylic acids is 1. The highest BCUT2D eigenvalue weighted by molar-refractivity contribution is 5.80. The standard InChI is InChI=1S/C23H26N4O/c1-27-16-19(12-26-27)21-13-24-14-22(21)23(28)25-15-20(17-8-4-2-5-9-17)18-10-6-3-7-11-18/h2-12,16,20-22,24H,13-15H2,1H3,(H,25,28)/t21-,22+/m1/s1. The van der Waals surface area contributed by atoms with E-state index in [0.29, 0.717) is 13.1 Å². The molecule has 0 spiro atoms. The summed E-state index contributed by atoms with van der Waals surface area (Å²) in [6, 6.07) is 20.7. The molecule has 3 aromatic rings. The van der Waals surface area contributed by atoms with Gasteiger partial charge in [-0.1, -0.05) is 60.7 Å². The molecule has 5 nitrogen and oxygen atoms in total. The van der Waals surface area contributed by atoms with Crippen molar-refractivity contribution in [1.29, 1.82) is 0 Å². The summed E-state index contributed by atoms with van der Waals surface area (Å²) in [6.45, 7) is 2.10. The molecule has 0 aliphatic carbocycles. The van der Waals surface area contributed by atoms with Gasteiger partial charge in [0.15, 0.2) is 0 Å². The molecule has 2 heterocycles. The van der Waals surface area contributed by atoms with Gasteiger partial charge in [0.2, 0.25) is 5.91 Å². The summed E-state index contributed by atoms with van der Waals surface area (Å²) in [4.78, 5) is 13.0. The summed E-state index contributed by atoms with van der Waals surface area (Å²) < 4.78 is 1.80. The third-order valence-corrected chi connectivity index (χ3v) is 5.59. The first-order chi connectivity index (χ1) is 13.7. The van der Waals surface area contributed by atoms with Crippen molar-refractivity contribution >= 4 is 5.91 Å². The van der Waals surface area contributed by atoms with Crippen LogP contribution in [0.1, 0.15) is 28.5 Å². The van der Waals surface area contributed by atoms with Crippen LogP contribution in [0.3, 0.4) is 0 Å². The number of benzene rings is 2. The van der Waals surface area contributed by atoms with E-state index in [1.54, 1.807) is 4.68 Å². The van der Waals surface area contributed by atoms with E-state index < -0.39 is 0 Å². The highest BCUT2D eigenvalue weighted by Gasteiger charge is 2.34. The van der Waals surface area contributed by atoms with Gasteiger partial charge in [0, 0.05) is 44.7 Å². The van der Waals surface area contributed by atoms with Gasteiger partial charge in [0.1, 0.15) is 0 Å². The lowest BCUT2D eigenvalue weighted by Crippen LogP contribution is -2.37. The zero-order valence-corrected chi connectivity index (χ0v) is 16.1. The van der Waals surface area contributed by atoms with E-state index in [0.717, 1.165) is 12.1 Å². The molecule has 0 radical (unpaired) electrons. The Kier molecular flexibility index (Phi) is 5.53. The zero-order chi connectivity index (χ0) is 19.3. The molecule has 2 atom stereocenters. The fourth-order valence-electron chi connectivity index (χ4n) is 4.07. The molecule has 1 saturated heterocycles. The van der Waals surface area contributed by atoms with Crippen molar-refractivity contribution in [3.63, 3.8) is 0 Å². The predicted molar refractivity (Wildman–Crippen MR) is 110 cm³/mol. The summed E-state index contributed by atoms with van der Waals surface area (Å²) in [6.07, 6.45) is 3.88. The highest BCUT2D eigenvalue weighted by Crippen LogP contribution is 2.29. The third kappa shape index (κ3) is 3.99. The molecule has 0 bridgehead atoms. The third-order valence-electron chi connectivity index (χ3n) is 5.59. The van der Waals surface area contributed by atoms with Gasteiger partial charge < -0.3 is 10.6 Å². The number of hydrogen-bond donors (Lipinski definition) is 2. The van der Waals surface area contributed by atoms with Gasteiger partial charge in [-0.3, -0.25) is 9.48 Å². The van der Waals surface area contributed by atoms with Crippen LogP contribution in [0.5, 0.6) is 0 Å². The highest BCUT2D eigenvalue weighted by atomic mass is 16.1. The summed E-state index contributed by atoms with van der Waals surface area (Å²) in [5.41, 5.74) is 3.54. The number of rotatable bonds is 6. The Balaban J connectivity index is 1.48. The van der Waals surface area contributed by atoms with E-state index in [4.69, 9.17) is 0 Å². The van der Waals surface area contributed by atoms with Crippen molar-refractivity contribution in [3.05, 3.63) is 89.7 Å². The maximum Gasteiger partial charge on any atom is 0.225 e. The van der Waals surface area contributed by atoms with Crippen LogP contribution >= 0.6 is 0 Å². The lowest BCUT2D eigenvalue weighted by Gasteiger charge is -2.22. The Morgan fingerprint density at radius 3 is 2.32 bits per heavy atom. The molecule has 4 rings (SSSR count). The molecule has 5 heteroatoms. The smallest absolute Gasteiger partial charge is 0.225 e. The fourth-order valence-corrected chi connectivity index (χ4v) is 4.07. The van der Waals surface area contributed by atoms with E-state index in [1.807, 2.05) is 55.8 Å². The van der Waals surface area contributed by atoms with E-state index in [-0.39, 0.29) is 23.7 Å². The van der Waals surface area contributed by atoms with Crippen molar-refractivity contribution < 1.29 is 4.79 Å². The molecule has 0 saturated carbocycles. The lowest BCUT2D eigenvalue weighted by atomic mass is 9.89. The average molecular weight is 374 g/mol. The number of amides is 1. The second kappa shape index (κ2) is 8.40. The minimum Gasteiger partial charge on any atom is -0.355 e. The van der Waals surface area contributed by atoms with E-state index in [1.165, 1.54) is 11.1 Å². The molecule has 1 aliphatic rings. The van der Waals surface area contributed by atoms with Crippen LogP contribution < -0.4 is 10.6 Å². The maximum atomic E-state index is 13.0. The summed E-state index contributed by atoms with van der Waals surface area (Å²) in [5, 5.41) is 10.9. The number of carbonyl (C=O) groups is 1. The lowest BCUT2D eigenvalue weighted by molar-refractivity contribution is -0.124. The van der Waals surface area contributed by atoms with Gasteiger partial charge in [0.25, 0.3) is 0 Å². The first kappa shape index (κ1) is 18.4. The maximum absolute atomic E-state index is 13.0. The Morgan fingerprint density at radius 1 is 1.11 bits per heavy atom. The molecule has 1 amide bonds. The van der Waals surface area contributed by atoms with Crippen molar-refractivity contribution in [2.75, 3.05) is 19.6 Å². The van der Waals surface area contributed by atoms with Crippen molar-refractivity contribution in [2.24, 2.45) is 13.0 Å². The monoisotopic (exact) mass is 374 g/mol. The molecule has 28 heavy (non-hydrogen) atoms. The Labute approximate surface area is 165 Å². The van der Waals surface area contributed by atoms with Gasteiger partial charge in [-0.25, -0.2) is 0 Å². The zero-order valence-electron chi connectivity index (χ0n) is 16.1. The van der Waals surface area contributed by atoms with Crippen LogP contribution in [0.25, 0.3) is 0 Å². The second-order valence-corrected chi connectivity index (χ2v) is 7.44. The molecule has 1 aliphatic heterocycles. The number of aryl methyl sites for hydroxylation is 1. The molecular weight excluding hydrogens is 348 g/mol. The van der Waals surface area contributed by atoms with E-state index in [9.17, 15) is 4.79 Å². The quantitative estimate of drug-likeness (QED) is 0.697.